The van der Waals surface area contributed by atoms with Crippen LogP contribution in [0.25, 0.3) is 21.7 Å². The second-order valence-corrected chi connectivity index (χ2v) is 5.23. The van der Waals surface area contributed by atoms with Gasteiger partial charge in [0.1, 0.15) is 16.9 Å². The largest absolute Gasteiger partial charge is 0.422 e. The van der Waals surface area contributed by atoms with Gasteiger partial charge < -0.3 is 9.15 Å². The number of ether oxygens (including phenoxy) is 1. The number of pyridine rings is 1. The molecule has 0 saturated heterocycles. The number of rotatable bonds is 2. The lowest BCUT2D eigenvalue weighted by Crippen LogP contribution is -2.18. The van der Waals surface area contributed by atoms with Gasteiger partial charge in [0, 0.05) is 28.6 Å². The minimum Gasteiger partial charge on any atom is -0.422 e. The summed E-state index contributed by atoms with van der Waals surface area (Å²) in [5, 5.41) is 2.24. The highest BCUT2D eigenvalue weighted by Crippen LogP contribution is 2.25. The van der Waals surface area contributed by atoms with Gasteiger partial charge in [0.05, 0.1) is 0 Å². The van der Waals surface area contributed by atoms with Crippen LogP contribution in [0.1, 0.15) is 10.4 Å². The maximum atomic E-state index is 12.4. The number of hydrogen-bond donors (Lipinski definition) is 0. The van der Waals surface area contributed by atoms with Gasteiger partial charge in [-0.25, -0.2) is 9.59 Å². The molecular formula is C19H11NO4. The van der Waals surface area contributed by atoms with Gasteiger partial charge in [-0.05, 0) is 24.3 Å². The average Bonchev–Trinajstić information content (AvgIpc) is 2.61. The lowest BCUT2D eigenvalue weighted by Gasteiger charge is -2.07. The molecule has 0 atom stereocenters. The van der Waals surface area contributed by atoms with Crippen molar-refractivity contribution in [3.05, 3.63) is 83.0 Å². The molecule has 0 aliphatic carbocycles. The SMILES string of the molecule is O=C(Oc1cccc2cnccc12)c1cc2ccccc2oc1=O. The monoisotopic (exact) mass is 317 g/mol. The van der Waals surface area contributed by atoms with Crippen LogP contribution in [-0.2, 0) is 0 Å². The van der Waals surface area contributed by atoms with E-state index in [9.17, 15) is 9.59 Å². The zero-order chi connectivity index (χ0) is 16.5. The quantitative estimate of drug-likeness (QED) is 0.321. The summed E-state index contributed by atoms with van der Waals surface area (Å²) in [6.07, 6.45) is 3.29. The highest BCUT2D eigenvalue weighted by molar-refractivity contribution is 5.96. The van der Waals surface area contributed by atoms with E-state index in [2.05, 4.69) is 4.98 Å². The number of hydrogen-bond acceptors (Lipinski definition) is 5. The molecule has 5 heteroatoms. The zero-order valence-electron chi connectivity index (χ0n) is 12.4. The van der Waals surface area contributed by atoms with Crippen LogP contribution in [-0.4, -0.2) is 11.0 Å². The third kappa shape index (κ3) is 2.42. The van der Waals surface area contributed by atoms with Crippen LogP contribution in [0.15, 0.2) is 76.2 Å². The van der Waals surface area contributed by atoms with Crippen LogP contribution >= 0.6 is 0 Å². The number of carbonyl (C=O) groups excluding carboxylic acids is 1. The molecule has 0 bridgehead atoms. The number of carbonyl (C=O) groups is 1. The summed E-state index contributed by atoms with van der Waals surface area (Å²) in [6.45, 7) is 0. The number of fused-ring (bicyclic) bond motifs is 2. The van der Waals surface area contributed by atoms with Crippen LogP contribution in [0.3, 0.4) is 0 Å². The molecule has 4 rings (SSSR count). The Morgan fingerprint density at radius 3 is 2.75 bits per heavy atom. The fraction of sp³-hybridized carbons (Fsp3) is 0. The minimum atomic E-state index is -0.751. The van der Waals surface area contributed by atoms with E-state index in [0.29, 0.717) is 16.7 Å². The Kier molecular flexibility index (Phi) is 3.31. The van der Waals surface area contributed by atoms with Gasteiger partial charge in [-0.15, -0.1) is 0 Å². The number of para-hydroxylation sites is 1. The molecule has 0 aliphatic heterocycles. The molecule has 4 aromatic rings. The Morgan fingerprint density at radius 1 is 1.00 bits per heavy atom. The molecule has 2 heterocycles. The van der Waals surface area contributed by atoms with Gasteiger partial charge in [0.15, 0.2) is 0 Å². The van der Waals surface area contributed by atoms with Gasteiger partial charge in [-0.3, -0.25) is 4.98 Å². The molecule has 0 spiro atoms. The fourth-order valence-electron chi connectivity index (χ4n) is 2.54. The third-order valence-electron chi connectivity index (χ3n) is 3.70. The average molecular weight is 317 g/mol. The molecule has 24 heavy (non-hydrogen) atoms. The molecular weight excluding hydrogens is 306 g/mol. The molecule has 0 aliphatic rings. The lowest BCUT2D eigenvalue weighted by molar-refractivity contribution is 0.0733. The predicted molar refractivity (Wildman–Crippen MR) is 89.2 cm³/mol. The highest BCUT2D eigenvalue weighted by Gasteiger charge is 2.17. The molecule has 0 unspecified atom stereocenters. The number of nitrogens with zero attached hydrogens (tertiary/aromatic N) is 1. The summed E-state index contributed by atoms with van der Waals surface area (Å²) in [7, 11) is 0. The zero-order valence-corrected chi connectivity index (χ0v) is 12.4. The van der Waals surface area contributed by atoms with Crippen molar-refractivity contribution in [3.63, 3.8) is 0 Å². The van der Waals surface area contributed by atoms with Crippen LogP contribution in [0, 0.1) is 0 Å². The summed E-state index contributed by atoms with van der Waals surface area (Å²) < 4.78 is 10.6. The van der Waals surface area contributed by atoms with E-state index in [1.807, 2.05) is 6.07 Å². The van der Waals surface area contributed by atoms with Gasteiger partial charge in [-0.1, -0.05) is 30.3 Å². The van der Waals surface area contributed by atoms with E-state index < -0.39 is 11.6 Å². The first-order valence-electron chi connectivity index (χ1n) is 7.30. The van der Waals surface area contributed by atoms with Crippen LogP contribution in [0.5, 0.6) is 5.75 Å². The third-order valence-corrected chi connectivity index (χ3v) is 3.70. The highest BCUT2D eigenvalue weighted by atomic mass is 16.5. The van der Waals surface area contributed by atoms with Crippen molar-refractivity contribution < 1.29 is 13.9 Å². The maximum Gasteiger partial charge on any atom is 0.351 e. The molecule has 0 fully saturated rings. The topological polar surface area (TPSA) is 69.4 Å². The minimum absolute atomic E-state index is 0.139. The molecule has 2 aromatic heterocycles. The van der Waals surface area contributed by atoms with E-state index in [1.54, 1.807) is 54.9 Å². The number of aromatic nitrogens is 1. The van der Waals surface area contributed by atoms with Crippen molar-refractivity contribution >= 4 is 27.7 Å². The van der Waals surface area contributed by atoms with E-state index in [1.165, 1.54) is 6.07 Å². The Bertz CT molecular complexity index is 1130. The van der Waals surface area contributed by atoms with Gasteiger partial charge in [0.2, 0.25) is 0 Å². The normalized spacial score (nSPS) is 10.8. The number of esters is 1. The molecule has 2 aromatic carbocycles. The molecule has 0 amide bonds. The second-order valence-electron chi connectivity index (χ2n) is 5.23. The van der Waals surface area contributed by atoms with Crippen molar-refractivity contribution in [2.75, 3.05) is 0 Å². The summed E-state index contributed by atoms with van der Waals surface area (Å²) in [5.74, 6) is -0.383. The van der Waals surface area contributed by atoms with Crippen LogP contribution in [0.2, 0.25) is 0 Å². The van der Waals surface area contributed by atoms with E-state index in [0.717, 1.165) is 10.8 Å². The van der Waals surface area contributed by atoms with E-state index in [4.69, 9.17) is 9.15 Å². The van der Waals surface area contributed by atoms with Crippen molar-refractivity contribution in [3.8, 4) is 5.75 Å². The van der Waals surface area contributed by atoms with Crippen molar-refractivity contribution in [1.29, 1.82) is 0 Å². The lowest BCUT2D eigenvalue weighted by atomic mass is 10.1. The standard InChI is InChI=1S/C19H11NO4/c21-18-15(10-12-4-1-2-6-16(12)23-18)19(22)24-17-7-3-5-13-11-20-9-8-14(13)17/h1-11H. The summed E-state index contributed by atoms with van der Waals surface area (Å²) in [6, 6.07) is 15.5. The smallest absolute Gasteiger partial charge is 0.351 e. The van der Waals surface area contributed by atoms with Crippen molar-refractivity contribution in [1.82, 2.24) is 4.98 Å². The Balaban J connectivity index is 1.76. The molecule has 0 saturated carbocycles. The molecule has 116 valence electrons. The van der Waals surface area contributed by atoms with Gasteiger partial charge in [-0.2, -0.15) is 0 Å². The molecule has 0 N–H and O–H groups in total. The molecule has 5 nitrogen and oxygen atoms in total. The predicted octanol–water partition coefficient (Wildman–Crippen LogP) is 3.56. The van der Waals surface area contributed by atoms with Crippen molar-refractivity contribution in [2.24, 2.45) is 0 Å². The molecule has 0 radical (unpaired) electrons. The van der Waals surface area contributed by atoms with E-state index >= 15 is 0 Å². The van der Waals surface area contributed by atoms with E-state index in [-0.39, 0.29) is 5.56 Å². The van der Waals surface area contributed by atoms with Crippen molar-refractivity contribution in [2.45, 2.75) is 0 Å². The van der Waals surface area contributed by atoms with Crippen LogP contribution < -0.4 is 10.4 Å². The Labute approximate surface area is 136 Å². The van der Waals surface area contributed by atoms with Gasteiger partial charge >= 0.3 is 11.6 Å². The first-order valence-corrected chi connectivity index (χ1v) is 7.30. The first kappa shape index (κ1) is 14.1. The van der Waals surface area contributed by atoms with Gasteiger partial charge in [0.25, 0.3) is 0 Å². The Morgan fingerprint density at radius 2 is 1.83 bits per heavy atom. The number of benzene rings is 2. The first-order chi connectivity index (χ1) is 11.7. The summed E-state index contributed by atoms with van der Waals surface area (Å²) in [5.41, 5.74) is -0.435. The van der Waals surface area contributed by atoms with Crippen LogP contribution in [0.4, 0.5) is 0 Å². The Hall–Kier alpha value is -3.47. The fourth-order valence-corrected chi connectivity index (χ4v) is 2.54. The maximum absolute atomic E-state index is 12.4. The summed E-state index contributed by atoms with van der Waals surface area (Å²) in [4.78, 5) is 28.5. The second kappa shape index (κ2) is 5.62. The summed E-state index contributed by atoms with van der Waals surface area (Å²) >= 11 is 0.